The second kappa shape index (κ2) is 12.7. The average molecular weight is 523 g/mol. The summed E-state index contributed by atoms with van der Waals surface area (Å²) < 4.78 is 31.7. The first kappa shape index (κ1) is 28.1. The molecule has 0 bridgehead atoms. The summed E-state index contributed by atoms with van der Waals surface area (Å²) in [4.78, 5) is 36.7. The normalized spacial score (nSPS) is 18.6. The molecular weight excluding hydrogens is 489 g/mol. The molecule has 2 fully saturated rings. The molecule has 1 heterocycles. The van der Waals surface area contributed by atoms with Gasteiger partial charge in [0, 0.05) is 25.0 Å². The second-order valence-electron chi connectivity index (χ2n) is 9.21. The van der Waals surface area contributed by atoms with Crippen molar-refractivity contribution in [3.63, 3.8) is 0 Å². The van der Waals surface area contributed by atoms with Gasteiger partial charge in [0.05, 0.1) is 6.54 Å². The summed E-state index contributed by atoms with van der Waals surface area (Å²) in [6.45, 7) is 5.60. The summed E-state index contributed by atoms with van der Waals surface area (Å²) in [6.07, 6.45) is 0.558. The minimum absolute atomic E-state index is 0.0608. The SMILES string of the molecule is CCN(CC)C(=O)CNc1nc(NC2CC(Cc3ccccc3)C2)nc(C2CC2)n1.O=C(O)C(F)(F)F. The number of aromatic nitrogens is 3. The zero-order valence-electron chi connectivity index (χ0n) is 21.0. The fourth-order valence-electron chi connectivity index (χ4n) is 4.05. The van der Waals surface area contributed by atoms with E-state index in [1.54, 1.807) is 4.90 Å². The number of benzene rings is 1. The highest BCUT2D eigenvalue weighted by Crippen LogP contribution is 2.39. The molecule has 2 aliphatic carbocycles. The van der Waals surface area contributed by atoms with Crippen LogP contribution in [0.1, 0.15) is 56.8 Å². The largest absolute Gasteiger partial charge is 0.490 e. The zero-order chi connectivity index (χ0) is 27.0. The first-order chi connectivity index (χ1) is 17.6. The highest BCUT2D eigenvalue weighted by Gasteiger charge is 2.38. The van der Waals surface area contributed by atoms with Crippen LogP contribution in [0.2, 0.25) is 0 Å². The molecule has 0 unspecified atom stereocenters. The van der Waals surface area contributed by atoms with Crippen LogP contribution in [0.25, 0.3) is 0 Å². The first-order valence-electron chi connectivity index (χ1n) is 12.5. The molecule has 37 heavy (non-hydrogen) atoms. The van der Waals surface area contributed by atoms with Crippen LogP contribution in [-0.2, 0) is 16.0 Å². The summed E-state index contributed by atoms with van der Waals surface area (Å²) in [5, 5.41) is 13.7. The third-order valence-electron chi connectivity index (χ3n) is 6.29. The number of carbonyl (C=O) groups is 2. The van der Waals surface area contributed by atoms with E-state index in [4.69, 9.17) is 9.90 Å². The van der Waals surface area contributed by atoms with Gasteiger partial charge in [-0.05, 0) is 57.4 Å². The van der Waals surface area contributed by atoms with E-state index in [0.717, 1.165) is 37.9 Å². The molecule has 4 rings (SSSR count). The van der Waals surface area contributed by atoms with Crippen molar-refractivity contribution < 1.29 is 27.9 Å². The van der Waals surface area contributed by atoms with Crippen molar-refractivity contribution in [2.75, 3.05) is 30.3 Å². The number of anilines is 2. The Morgan fingerprint density at radius 3 is 2.16 bits per heavy atom. The number of hydrogen-bond acceptors (Lipinski definition) is 7. The van der Waals surface area contributed by atoms with Gasteiger partial charge in [0.2, 0.25) is 17.8 Å². The van der Waals surface area contributed by atoms with Crippen LogP contribution in [-0.4, -0.2) is 68.7 Å². The maximum Gasteiger partial charge on any atom is 0.490 e. The lowest BCUT2D eigenvalue weighted by Gasteiger charge is -2.36. The molecule has 1 amide bonds. The number of amides is 1. The zero-order valence-corrected chi connectivity index (χ0v) is 21.0. The summed E-state index contributed by atoms with van der Waals surface area (Å²) in [5.74, 6) is 0.408. The lowest BCUT2D eigenvalue weighted by molar-refractivity contribution is -0.192. The lowest BCUT2D eigenvalue weighted by atomic mass is 9.77. The maximum atomic E-state index is 12.3. The molecule has 12 heteroatoms. The monoisotopic (exact) mass is 522 g/mol. The van der Waals surface area contributed by atoms with Crippen LogP contribution in [0.5, 0.6) is 0 Å². The molecule has 9 nitrogen and oxygen atoms in total. The van der Waals surface area contributed by atoms with Gasteiger partial charge >= 0.3 is 12.1 Å². The Bertz CT molecular complexity index is 1040. The summed E-state index contributed by atoms with van der Waals surface area (Å²) in [7, 11) is 0. The Morgan fingerprint density at radius 2 is 1.62 bits per heavy atom. The van der Waals surface area contributed by atoms with Crippen molar-refractivity contribution in [1.82, 2.24) is 19.9 Å². The van der Waals surface area contributed by atoms with Crippen molar-refractivity contribution in [1.29, 1.82) is 0 Å². The third-order valence-corrected chi connectivity index (χ3v) is 6.29. The molecule has 202 valence electrons. The van der Waals surface area contributed by atoms with Crippen molar-refractivity contribution in [3.05, 3.63) is 41.7 Å². The Hall–Kier alpha value is -3.44. The summed E-state index contributed by atoms with van der Waals surface area (Å²) in [5.41, 5.74) is 1.40. The lowest BCUT2D eigenvalue weighted by Crippen LogP contribution is -2.37. The number of carboxylic acid groups (broad SMARTS) is 1. The van der Waals surface area contributed by atoms with E-state index in [0.29, 0.717) is 42.9 Å². The van der Waals surface area contributed by atoms with Crippen LogP contribution in [0.15, 0.2) is 30.3 Å². The molecular formula is C25H33F3N6O3. The standard InChI is InChI=1S/C23H32N6O.C2HF3O2/c1-3-29(4-2)20(30)15-24-22-26-21(18-10-11-18)27-23(28-22)25-19-13-17(14-19)12-16-8-6-5-7-9-16;3-2(4,5)1(6)7/h5-9,17-19H,3-4,10-15H2,1-2H3,(H2,24,25,26,27,28);(H,6,7). The van der Waals surface area contributed by atoms with Crippen molar-refractivity contribution in [2.45, 2.75) is 64.1 Å². The number of halogens is 3. The third kappa shape index (κ3) is 8.87. The Labute approximate surface area is 213 Å². The molecule has 0 spiro atoms. The first-order valence-corrected chi connectivity index (χ1v) is 12.5. The van der Waals surface area contributed by atoms with Crippen molar-refractivity contribution in [2.24, 2.45) is 5.92 Å². The van der Waals surface area contributed by atoms with E-state index in [1.165, 1.54) is 5.56 Å². The van der Waals surface area contributed by atoms with E-state index < -0.39 is 12.1 Å². The molecule has 2 saturated carbocycles. The molecule has 0 radical (unpaired) electrons. The number of carbonyl (C=O) groups excluding carboxylic acids is 1. The fraction of sp³-hybridized carbons (Fsp3) is 0.560. The molecule has 2 aliphatic rings. The van der Waals surface area contributed by atoms with E-state index in [9.17, 15) is 18.0 Å². The predicted octanol–water partition coefficient (Wildman–Crippen LogP) is 4.10. The number of nitrogens with one attached hydrogen (secondary N) is 2. The Kier molecular flexibility index (Phi) is 9.65. The van der Waals surface area contributed by atoms with Crippen LogP contribution in [0.4, 0.5) is 25.1 Å². The van der Waals surface area contributed by atoms with Crippen LogP contribution in [0, 0.1) is 5.92 Å². The molecule has 1 aromatic heterocycles. The number of likely N-dealkylation sites (N-methyl/N-ethyl adjacent to an activating group) is 1. The van der Waals surface area contributed by atoms with Gasteiger partial charge in [0.25, 0.3) is 0 Å². The van der Waals surface area contributed by atoms with Gasteiger partial charge in [-0.25, -0.2) is 4.79 Å². The van der Waals surface area contributed by atoms with E-state index >= 15 is 0 Å². The number of carboxylic acids is 1. The number of rotatable bonds is 10. The second-order valence-corrected chi connectivity index (χ2v) is 9.21. The molecule has 0 aliphatic heterocycles. The van der Waals surface area contributed by atoms with Gasteiger partial charge in [-0.1, -0.05) is 30.3 Å². The van der Waals surface area contributed by atoms with Crippen molar-refractivity contribution in [3.8, 4) is 0 Å². The van der Waals surface area contributed by atoms with Crippen LogP contribution in [0.3, 0.4) is 0 Å². The minimum atomic E-state index is -5.08. The quantitative estimate of drug-likeness (QED) is 0.427. The molecule has 0 saturated heterocycles. The van der Waals surface area contributed by atoms with Gasteiger partial charge < -0.3 is 20.6 Å². The topological polar surface area (TPSA) is 120 Å². The van der Waals surface area contributed by atoms with Gasteiger partial charge in [-0.15, -0.1) is 0 Å². The smallest absolute Gasteiger partial charge is 0.475 e. The fourth-order valence-corrected chi connectivity index (χ4v) is 4.05. The van der Waals surface area contributed by atoms with E-state index in [1.807, 2.05) is 13.8 Å². The van der Waals surface area contributed by atoms with Gasteiger partial charge in [0.15, 0.2) is 0 Å². The van der Waals surface area contributed by atoms with Crippen LogP contribution >= 0.6 is 0 Å². The predicted molar refractivity (Wildman–Crippen MR) is 132 cm³/mol. The highest BCUT2D eigenvalue weighted by atomic mass is 19.4. The van der Waals surface area contributed by atoms with E-state index in [-0.39, 0.29) is 12.5 Å². The maximum absolute atomic E-state index is 12.3. The van der Waals surface area contributed by atoms with E-state index in [2.05, 4.69) is 55.9 Å². The van der Waals surface area contributed by atoms with Gasteiger partial charge in [-0.2, -0.15) is 28.1 Å². The van der Waals surface area contributed by atoms with Gasteiger partial charge in [0.1, 0.15) is 5.82 Å². The number of aliphatic carboxylic acids is 1. The molecule has 1 aromatic carbocycles. The van der Waals surface area contributed by atoms with Gasteiger partial charge in [-0.3, -0.25) is 4.79 Å². The summed E-state index contributed by atoms with van der Waals surface area (Å²) in [6, 6.07) is 11.1. The number of nitrogens with zero attached hydrogens (tertiary/aromatic N) is 4. The van der Waals surface area contributed by atoms with Crippen molar-refractivity contribution >= 4 is 23.8 Å². The summed E-state index contributed by atoms with van der Waals surface area (Å²) >= 11 is 0. The number of alkyl halides is 3. The molecule has 0 atom stereocenters. The molecule has 2 aromatic rings. The Balaban J connectivity index is 0.000000479. The Morgan fingerprint density at radius 1 is 1.03 bits per heavy atom. The van der Waals surface area contributed by atoms with Crippen LogP contribution < -0.4 is 10.6 Å². The molecule has 3 N–H and O–H groups in total. The highest BCUT2D eigenvalue weighted by molar-refractivity contribution is 5.80. The average Bonchev–Trinajstić information content (AvgIpc) is 3.68. The minimum Gasteiger partial charge on any atom is -0.475 e. The number of hydrogen-bond donors (Lipinski definition) is 3.